The van der Waals surface area contributed by atoms with Crippen LogP contribution in [0, 0.1) is 5.82 Å². The third kappa shape index (κ3) is 2.73. The Labute approximate surface area is 124 Å². The summed E-state index contributed by atoms with van der Waals surface area (Å²) in [6.07, 6.45) is 0.320. The number of amides is 2. The van der Waals surface area contributed by atoms with Gasteiger partial charge in [-0.1, -0.05) is 17.7 Å². The first kappa shape index (κ1) is 13.6. The summed E-state index contributed by atoms with van der Waals surface area (Å²) in [5.74, 6) is -0.949. The van der Waals surface area contributed by atoms with Crippen molar-refractivity contribution in [1.29, 1.82) is 0 Å². The fraction of sp³-hybridized carbons (Fsp3) is 0.0667. The van der Waals surface area contributed by atoms with Crippen molar-refractivity contribution in [1.82, 2.24) is 0 Å². The van der Waals surface area contributed by atoms with Gasteiger partial charge in [0, 0.05) is 11.3 Å². The molecule has 0 bridgehead atoms. The highest BCUT2D eigenvalue weighted by Gasteiger charge is 2.19. The summed E-state index contributed by atoms with van der Waals surface area (Å²) in [5.41, 5.74) is 2.21. The normalized spacial score (nSPS) is 12.8. The van der Waals surface area contributed by atoms with Crippen LogP contribution in [0.3, 0.4) is 0 Å². The number of anilines is 2. The van der Waals surface area contributed by atoms with E-state index in [2.05, 4.69) is 10.6 Å². The molecule has 4 nitrogen and oxygen atoms in total. The molecule has 0 fully saturated rings. The molecule has 0 unspecified atom stereocenters. The molecule has 3 rings (SSSR count). The predicted molar refractivity (Wildman–Crippen MR) is 78.1 cm³/mol. The fourth-order valence-electron chi connectivity index (χ4n) is 2.14. The zero-order valence-electron chi connectivity index (χ0n) is 10.7. The van der Waals surface area contributed by atoms with E-state index in [1.165, 1.54) is 12.1 Å². The lowest BCUT2D eigenvalue weighted by Crippen LogP contribution is -2.12. The van der Waals surface area contributed by atoms with E-state index in [1.807, 2.05) is 0 Å². The van der Waals surface area contributed by atoms with Crippen LogP contribution < -0.4 is 10.6 Å². The van der Waals surface area contributed by atoms with Crippen LogP contribution in [0.5, 0.6) is 0 Å². The van der Waals surface area contributed by atoms with Crippen LogP contribution >= 0.6 is 11.6 Å². The lowest BCUT2D eigenvalue weighted by Gasteiger charge is -2.08. The highest BCUT2D eigenvalue weighted by Crippen LogP contribution is 2.26. The maximum absolute atomic E-state index is 13.0. The SMILES string of the molecule is O=C1Cc2ccc(C(=O)Nc3ccc(F)cc3Cl)cc2N1. The highest BCUT2D eigenvalue weighted by atomic mass is 35.5. The van der Waals surface area contributed by atoms with E-state index in [0.29, 0.717) is 23.4 Å². The largest absolute Gasteiger partial charge is 0.326 e. The lowest BCUT2D eigenvalue weighted by atomic mass is 10.1. The zero-order chi connectivity index (χ0) is 15.0. The van der Waals surface area contributed by atoms with Crippen LogP contribution in [-0.2, 0) is 11.2 Å². The molecule has 1 heterocycles. The number of halogens is 2. The quantitative estimate of drug-likeness (QED) is 0.895. The molecule has 0 saturated heterocycles. The molecule has 106 valence electrons. The molecule has 21 heavy (non-hydrogen) atoms. The van der Waals surface area contributed by atoms with Gasteiger partial charge in [0.05, 0.1) is 17.1 Å². The molecule has 6 heteroatoms. The van der Waals surface area contributed by atoms with Gasteiger partial charge >= 0.3 is 0 Å². The Hall–Kier alpha value is -2.40. The Kier molecular flexibility index (Phi) is 3.35. The third-order valence-corrected chi connectivity index (χ3v) is 3.49. The molecule has 2 aromatic carbocycles. The first-order valence-corrected chi connectivity index (χ1v) is 6.60. The van der Waals surface area contributed by atoms with E-state index in [9.17, 15) is 14.0 Å². The highest BCUT2D eigenvalue weighted by molar-refractivity contribution is 6.33. The zero-order valence-corrected chi connectivity index (χ0v) is 11.5. The van der Waals surface area contributed by atoms with E-state index in [0.717, 1.165) is 11.6 Å². The number of nitrogens with one attached hydrogen (secondary N) is 2. The second-order valence-corrected chi connectivity index (χ2v) is 5.08. The minimum absolute atomic E-state index is 0.0934. The predicted octanol–water partition coefficient (Wildman–Crippen LogP) is 3.23. The number of benzene rings is 2. The third-order valence-electron chi connectivity index (χ3n) is 3.18. The molecule has 2 amide bonds. The number of carbonyl (C=O) groups excluding carboxylic acids is 2. The van der Waals surface area contributed by atoms with Gasteiger partial charge in [0.2, 0.25) is 5.91 Å². The van der Waals surface area contributed by atoms with E-state index >= 15 is 0 Å². The number of fused-ring (bicyclic) bond motifs is 1. The van der Waals surface area contributed by atoms with E-state index in [-0.39, 0.29) is 16.8 Å². The second-order valence-electron chi connectivity index (χ2n) is 4.68. The van der Waals surface area contributed by atoms with Crippen molar-refractivity contribution >= 4 is 34.8 Å². The summed E-state index contributed by atoms with van der Waals surface area (Å²) in [6, 6.07) is 8.70. The topological polar surface area (TPSA) is 58.2 Å². The van der Waals surface area contributed by atoms with Gasteiger partial charge < -0.3 is 10.6 Å². The van der Waals surface area contributed by atoms with Crippen LogP contribution in [-0.4, -0.2) is 11.8 Å². The van der Waals surface area contributed by atoms with Crippen molar-refractivity contribution in [3.8, 4) is 0 Å². The molecule has 0 aromatic heterocycles. The standard InChI is InChI=1S/C15H10ClFN2O2/c16-11-7-10(17)3-4-12(11)19-15(21)9-2-1-8-6-14(20)18-13(8)5-9/h1-5,7H,6H2,(H,18,20)(H,19,21). The molecule has 2 aromatic rings. The monoisotopic (exact) mass is 304 g/mol. The number of hydrogen-bond donors (Lipinski definition) is 2. The van der Waals surface area contributed by atoms with Crippen LogP contribution in [0.1, 0.15) is 15.9 Å². The second kappa shape index (κ2) is 5.18. The van der Waals surface area contributed by atoms with E-state index in [4.69, 9.17) is 11.6 Å². The maximum Gasteiger partial charge on any atom is 0.255 e. The molecule has 0 saturated carbocycles. The number of hydrogen-bond acceptors (Lipinski definition) is 2. The van der Waals surface area contributed by atoms with Gasteiger partial charge in [-0.3, -0.25) is 9.59 Å². The summed E-state index contributed by atoms with van der Waals surface area (Å²) < 4.78 is 13.0. The Morgan fingerprint density at radius 3 is 2.81 bits per heavy atom. The molecular formula is C15H10ClFN2O2. The van der Waals surface area contributed by atoms with Crippen molar-refractivity contribution in [3.05, 3.63) is 58.4 Å². The minimum Gasteiger partial charge on any atom is -0.326 e. The molecular weight excluding hydrogens is 295 g/mol. The Morgan fingerprint density at radius 2 is 2.05 bits per heavy atom. The summed E-state index contributed by atoms with van der Waals surface area (Å²) in [7, 11) is 0. The molecule has 0 aliphatic carbocycles. The summed E-state index contributed by atoms with van der Waals surface area (Å²) in [5, 5.41) is 5.41. The van der Waals surface area contributed by atoms with Crippen LogP contribution in [0.15, 0.2) is 36.4 Å². The van der Waals surface area contributed by atoms with E-state index < -0.39 is 5.82 Å². The van der Waals surface area contributed by atoms with Crippen LogP contribution in [0.2, 0.25) is 5.02 Å². The smallest absolute Gasteiger partial charge is 0.255 e. The Morgan fingerprint density at radius 1 is 1.24 bits per heavy atom. The van der Waals surface area contributed by atoms with Crippen molar-refractivity contribution < 1.29 is 14.0 Å². The van der Waals surface area contributed by atoms with Gasteiger partial charge in [-0.2, -0.15) is 0 Å². The minimum atomic E-state index is -0.474. The molecule has 0 spiro atoms. The average molecular weight is 305 g/mol. The van der Waals surface area contributed by atoms with Gasteiger partial charge in [-0.25, -0.2) is 4.39 Å². The first-order valence-electron chi connectivity index (χ1n) is 6.22. The summed E-state index contributed by atoms with van der Waals surface area (Å²) >= 11 is 5.86. The van der Waals surface area contributed by atoms with Gasteiger partial charge in [-0.15, -0.1) is 0 Å². The van der Waals surface area contributed by atoms with Gasteiger partial charge in [0.1, 0.15) is 5.82 Å². The van der Waals surface area contributed by atoms with Crippen LogP contribution in [0.25, 0.3) is 0 Å². The maximum atomic E-state index is 13.0. The van der Waals surface area contributed by atoms with Gasteiger partial charge in [0.15, 0.2) is 0 Å². The average Bonchev–Trinajstić information content (AvgIpc) is 2.80. The molecule has 2 N–H and O–H groups in total. The van der Waals surface area contributed by atoms with Gasteiger partial charge in [0.25, 0.3) is 5.91 Å². The Balaban J connectivity index is 1.83. The first-order chi connectivity index (χ1) is 10.0. The van der Waals surface area contributed by atoms with Crippen molar-refractivity contribution in [3.63, 3.8) is 0 Å². The summed E-state index contributed by atoms with van der Waals surface area (Å²) in [4.78, 5) is 23.4. The molecule has 0 radical (unpaired) electrons. The Bertz CT molecular complexity index is 761. The summed E-state index contributed by atoms with van der Waals surface area (Å²) in [6.45, 7) is 0. The van der Waals surface area contributed by atoms with Gasteiger partial charge in [-0.05, 0) is 35.9 Å². The van der Waals surface area contributed by atoms with Crippen molar-refractivity contribution in [2.45, 2.75) is 6.42 Å². The van der Waals surface area contributed by atoms with E-state index in [1.54, 1.807) is 18.2 Å². The lowest BCUT2D eigenvalue weighted by molar-refractivity contribution is -0.115. The van der Waals surface area contributed by atoms with Crippen LogP contribution in [0.4, 0.5) is 15.8 Å². The fourth-order valence-corrected chi connectivity index (χ4v) is 2.36. The molecule has 1 aliphatic heterocycles. The molecule has 0 atom stereocenters. The van der Waals surface area contributed by atoms with Crippen molar-refractivity contribution in [2.75, 3.05) is 10.6 Å². The number of rotatable bonds is 2. The van der Waals surface area contributed by atoms with Crippen molar-refractivity contribution in [2.24, 2.45) is 0 Å². The molecule has 1 aliphatic rings. The number of carbonyl (C=O) groups is 2.